The maximum atomic E-state index is 14.1. The van der Waals surface area contributed by atoms with Crippen molar-refractivity contribution in [3.05, 3.63) is 0 Å². The fraction of sp³-hybridized carbons (Fsp3) is 0.864. The van der Waals surface area contributed by atoms with E-state index in [1.165, 1.54) is 0 Å². The van der Waals surface area contributed by atoms with Crippen molar-refractivity contribution in [3.63, 3.8) is 0 Å². The number of hydrogen-bond acceptors (Lipinski definition) is 6. The quantitative estimate of drug-likeness (QED) is 0.738. The number of carbonyl (C=O) groups is 1. The number of hydrogen-bond donors (Lipinski definition) is 1. The Morgan fingerprint density at radius 1 is 1.33 bits per heavy atom. The number of methoxy groups -OCH3 is 1. The van der Waals surface area contributed by atoms with Crippen LogP contribution in [-0.4, -0.2) is 84.5 Å². The van der Waals surface area contributed by atoms with Gasteiger partial charge in [0.05, 0.1) is 36.8 Å². The van der Waals surface area contributed by atoms with Crippen molar-refractivity contribution in [2.45, 2.75) is 77.0 Å². The molecule has 0 aromatic carbocycles. The third-order valence-corrected chi connectivity index (χ3v) is 7.06. The average molecular weight is 422 g/mol. The molecule has 7 atom stereocenters. The van der Waals surface area contributed by atoms with Crippen molar-refractivity contribution >= 4 is 17.8 Å². The van der Waals surface area contributed by atoms with E-state index in [1.54, 1.807) is 21.0 Å². The number of halogens is 1. The Balaban J connectivity index is 1.50. The zero-order chi connectivity index (χ0) is 21.6. The summed E-state index contributed by atoms with van der Waals surface area (Å²) < 4.78 is 19.6. The highest BCUT2D eigenvalue weighted by Crippen LogP contribution is 2.39. The topological polar surface area (TPSA) is 69.5 Å². The molecule has 1 N–H and O–H groups in total. The molecule has 0 aromatic heterocycles. The van der Waals surface area contributed by atoms with Gasteiger partial charge < -0.3 is 9.64 Å². The van der Waals surface area contributed by atoms with Crippen LogP contribution in [0.2, 0.25) is 0 Å². The molecular formula is C22H36FN5O2. The van der Waals surface area contributed by atoms with E-state index in [-0.39, 0.29) is 48.0 Å². The van der Waals surface area contributed by atoms with E-state index < -0.39 is 5.67 Å². The molecule has 30 heavy (non-hydrogen) atoms. The lowest BCUT2D eigenvalue weighted by molar-refractivity contribution is -0.136. The first-order chi connectivity index (χ1) is 14.2. The van der Waals surface area contributed by atoms with Gasteiger partial charge in [-0.3, -0.25) is 14.8 Å². The standard InChI is InChI=1S/C22H36FN5O2/c1-13-8-17(15-9-16(30-5)11-24-10-15)25-20-14(2)28(21(29)19(13)20)18-6-7-27(26-18)12-22(3,4)23/h10,13-19,26H,6-9,11-12H2,1-5H3. The Kier molecular flexibility index (Phi) is 6.03. The van der Waals surface area contributed by atoms with Gasteiger partial charge >= 0.3 is 0 Å². The SMILES string of the molecule is COC1CN=CC(C2CC(C)C3C(=O)N(C4CCN(CC(C)(C)F)N4)C(C)C3=N2)C1. The molecule has 7 nitrogen and oxygen atoms in total. The van der Waals surface area contributed by atoms with Crippen molar-refractivity contribution in [1.29, 1.82) is 0 Å². The van der Waals surface area contributed by atoms with Gasteiger partial charge in [-0.1, -0.05) is 6.92 Å². The summed E-state index contributed by atoms with van der Waals surface area (Å²) in [7, 11) is 1.74. The summed E-state index contributed by atoms with van der Waals surface area (Å²) in [6, 6.07) is 0.117. The predicted octanol–water partition coefficient (Wildman–Crippen LogP) is 2.07. The number of alkyl halides is 1. The average Bonchev–Trinajstić information content (AvgIpc) is 3.22. The second kappa shape index (κ2) is 8.28. The first-order valence-corrected chi connectivity index (χ1v) is 11.3. The van der Waals surface area contributed by atoms with Crippen molar-refractivity contribution < 1.29 is 13.9 Å². The summed E-state index contributed by atoms with van der Waals surface area (Å²) in [6.07, 6.45) is 4.74. The molecule has 4 aliphatic heterocycles. The Morgan fingerprint density at radius 2 is 2.10 bits per heavy atom. The molecule has 0 spiro atoms. The molecule has 8 heteroatoms. The third-order valence-electron chi connectivity index (χ3n) is 7.06. The predicted molar refractivity (Wildman–Crippen MR) is 115 cm³/mol. The molecule has 4 heterocycles. The van der Waals surface area contributed by atoms with Crippen LogP contribution in [0.4, 0.5) is 4.39 Å². The molecule has 2 fully saturated rings. The minimum absolute atomic E-state index is 0.0395. The number of nitrogens with one attached hydrogen (secondary N) is 1. The van der Waals surface area contributed by atoms with Crippen LogP contribution in [0.3, 0.4) is 0 Å². The fourth-order valence-corrected chi connectivity index (χ4v) is 5.64. The number of fused-ring (bicyclic) bond motifs is 1. The minimum atomic E-state index is -1.27. The largest absolute Gasteiger partial charge is 0.380 e. The Hall–Kier alpha value is -1.38. The summed E-state index contributed by atoms with van der Waals surface area (Å²) in [5, 5.41) is 1.91. The molecule has 0 aliphatic carbocycles. The molecule has 0 bridgehead atoms. The summed E-state index contributed by atoms with van der Waals surface area (Å²) >= 11 is 0. The second-order valence-corrected chi connectivity index (χ2v) is 10.1. The minimum Gasteiger partial charge on any atom is -0.380 e. The number of hydrazine groups is 1. The normalized spacial score (nSPS) is 40.1. The lowest BCUT2D eigenvalue weighted by Crippen LogP contribution is -2.51. The summed E-state index contributed by atoms with van der Waals surface area (Å²) in [6.45, 7) is 9.19. The maximum absolute atomic E-state index is 14.1. The van der Waals surface area contributed by atoms with E-state index in [4.69, 9.17) is 9.73 Å². The van der Waals surface area contributed by atoms with Crippen LogP contribution in [0.25, 0.3) is 0 Å². The Morgan fingerprint density at radius 3 is 2.80 bits per heavy atom. The highest BCUT2D eigenvalue weighted by atomic mass is 19.1. The van der Waals surface area contributed by atoms with E-state index in [9.17, 15) is 9.18 Å². The number of rotatable bonds is 5. The summed E-state index contributed by atoms with van der Waals surface area (Å²) in [5.41, 5.74) is 3.11. The van der Waals surface area contributed by atoms with E-state index >= 15 is 0 Å². The van der Waals surface area contributed by atoms with Gasteiger partial charge in [0.2, 0.25) is 5.91 Å². The number of ether oxygens (including phenoxy) is 1. The van der Waals surface area contributed by atoms with Gasteiger partial charge in [0.15, 0.2) is 0 Å². The molecule has 1 amide bonds. The van der Waals surface area contributed by atoms with Crippen molar-refractivity contribution in [2.24, 2.45) is 27.7 Å². The molecule has 4 aliphatic rings. The van der Waals surface area contributed by atoms with Crippen LogP contribution >= 0.6 is 0 Å². The van der Waals surface area contributed by atoms with E-state index in [0.29, 0.717) is 6.54 Å². The second-order valence-electron chi connectivity index (χ2n) is 10.1. The van der Waals surface area contributed by atoms with Crippen LogP contribution < -0.4 is 5.43 Å². The third kappa shape index (κ3) is 4.18. The van der Waals surface area contributed by atoms with Gasteiger partial charge in [0, 0.05) is 38.0 Å². The van der Waals surface area contributed by atoms with E-state index in [0.717, 1.165) is 38.1 Å². The fourth-order valence-electron chi connectivity index (χ4n) is 5.64. The van der Waals surface area contributed by atoms with Gasteiger partial charge in [-0.15, -0.1) is 0 Å². The van der Waals surface area contributed by atoms with Crippen LogP contribution in [0.5, 0.6) is 0 Å². The van der Waals surface area contributed by atoms with Crippen molar-refractivity contribution in [3.8, 4) is 0 Å². The van der Waals surface area contributed by atoms with Crippen LogP contribution in [0.1, 0.15) is 47.0 Å². The Labute approximate surface area is 179 Å². The lowest BCUT2D eigenvalue weighted by atomic mass is 9.77. The maximum Gasteiger partial charge on any atom is 0.233 e. The molecule has 0 radical (unpaired) electrons. The number of nitrogens with zero attached hydrogens (tertiary/aromatic N) is 4. The van der Waals surface area contributed by atoms with Crippen LogP contribution in [0, 0.1) is 17.8 Å². The summed E-state index contributed by atoms with van der Waals surface area (Å²) in [4.78, 5) is 25.0. The van der Waals surface area contributed by atoms with Gasteiger partial charge in [-0.25, -0.2) is 14.8 Å². The number of amides is 1. The highest BCUT2D eigenvalue weighted by molar-refractivity contribution is 6.13. The number of aliphatic imine (C=N–C) groups is 2. The van der Waals surface area contributed by atoms with Gasteiger partial charge in [0.25, 0.3) is 0 Å². The zero-order valence-electron chi connectivity index (χ0n) is 18.8. The lowest BCUT2D eigenvalue weighted by Gasteiger charge is -2.34. The molecule has 7 unspecified atom stereocenters. The molecular weight excluding hydrogens is 385 g/mol. The van der Waals surface area contributed by atoms with E-state index in [2.05, 4.69) is 24.3 Å². The molecule has 0 saturated carbocycles. The number of likely N-dealkylation sites (tertiary alicyclic amines) is 1. The zero-order valence-corrected chi connectivity index (χ0v) is 18.8. The van der Waals surface area contributed by atoms with Crippen molar-refractivity contribution in [1.82, 2.24) is 15.3 Å². The van der Waals surface area contributed by atoms with Gasteiger partial charge in [0.1, 0.15) is 5.67 Å². The molecule has 168 valence electrons. The van der Waals surface area contributed by atoms with Crippen molar-refractivity contribution in [2.75, 3.05) is 26.7 Å². The first kappa shape index (κ1) is 21.8. The van der Waals surface area contributed by atoms with Gasteiger partial charge in [-0.2, -0.15) is 0 Å². The molecule has 0 aromatic rings. The Bertz CT molecular complexity index is 721. The van der Waals surface area contributed by atoms with E-state index in [1.807, 2.05) is 16.1 Å². The summed E-state index contributed by atoms with van der Waals surface area (Å²) in [5.74, 6) is 0.547. The van der Waals surface area contributed by atoms with Gasteiger partial charge in [-0.05, 0) is 46.0 Å². The number of carbonyl (C=O) groups excluding carboxylic acids is 1. The van der Waals surface area contributed by atoms with Crippen LogP contribution in [-0.2, 0) is 9.53 Å². The first-order valence-electron chi connectivity index (χ1n) is 11.3. The molecule has 2 saturated heterocycles. The molecule has 4 rings (SSSR count). The highest BCUT2D eigenvalue weighted by Gasteiger charge is 2.52. The monoisotopic (exact) mass is 421 g/mol. The van der Waals surface area contributed by atoms with Crippen LogP contribution in [0.15, 0.2) is 9.98 Å². The smallest absolute Gasteiger partial charge is 0.233 e.